The Hall–Kier alpha value is -2.08. The Morgan fingerprint density at radius 3 is 2.41 bits per heavy atom. The van der Waals surface area contributed by atoms with Crippen LogP contribution >= 0.6 is 0 Å². The molecule has 2 rings (SSSR count). The van der Waals surface area contributed by atoms with Gasteiger partial charge in [0.25, 0.3) is 0 Å². The average Bonchev–Trinajstić information content (AvgIpc) is 2.84. The summed E-state index contributed by atoms with van der Waals surface area (Å²) in [7, 11) is -1.54. The molecule has 0 atom stereocenters. The van der Waals surface area contributed by atoms with Gasteiger partial charge in [-0.25, -0.2) is 13.2 Å². The van der Waals surface area contributed by atoms with E-state index in [2.05, 4.69) is 0 Å². The summed E-state index contributed by atoms with van der Waals surface area (Å²) in [6, 6.07) is 11.8. The topological polar surface area (TPSA) is 65.4 Å². The van der Waals surface area contributed by atoms with E-state index in [1.807, 2.05) is 13.0 Å². The molecule has 0 saturated carbocycles. The number of aryl methyl sites for hydroxylation is 1. The first-order valence-electron chi connectivity index (χ1n) is 6.99. The molecule has 2 aromatic rings. The van der Waals surface area contributed by atoms with Crippen molar-refractivity contribution >= 4 is 15.8 Å². The molecule has 6 heteroatoms. The van der Waals surface area contributed by atoms with Crippen LogP contribution in [0.2, 0.25) is 0 Å². The summed E-state index contributed by atoms with van der Waals surface area (Å²) in [6.45, 7) is 1.97. The molecule has 0 aliphatic carbocycles. The number of carbonyl (C=O) groups excluding carboxylic acids is 1. The summed E-state index contributed by atoms with van der Waals surface area (Å²) in [6.07, 6.45) is 0.270. The molecule has 118 valence electrons. The summed E-state index contributed by atoms with van der Waals surface area (Å²) in [5.74, 6) is -0.482. The monoisotopic (exact) mass is 321 g/mol. The van der Waals surface area contributed by atoms with Crippen molar-refractivity contribution < 1.29 is 17.9 Å². The molecule has 0 N–H and O–H groups in total. The maximum atomic E-state index is 12.1. The number of esters is 1. The van der Waals surface area contributed by atoms with Crippen molar-refractivity contribution in [2.24, 2.45) is 7.05 Å². The predicted octanol–water partition coefficient (Wildman–Crippen LogP) is 2.35. The second-order valence-corrected chi connectivity index (χ2v) is 7.15. The highest BCUT2D eigenvalue weighted by atomic mass is 32.2. The molecule has 0 spiro atoms. The number of rotatable bonds is 6. The van der Waals surface area contributed by atoms with Crippen LogP contribution in [0.15, 0.2) is 47.4 Å². The Kier molecular flexibility index (Phi) is 5.03. The van der Waals surface area contributed by atoms with E-state index in [0.717, 1.165) is 5.69 Å². The van der Waals surface area contributed by atoms with Gasteiger partial charge >= 0.3 is 5.97 Å². The molecule has 0 saturated heterocycles. The van der Waals surface area contributed by atoms with Crippen molar-refractivity contribution in [3.8, 4) is 0 Å². The molecule has 0 bridgehead atoms. The molecular weight excluding hydrogens is 302 g/mol. The van der Waals surface area contributed by atoms with E-state index in [4.69, 9.17) is 4.74 Å². The van der Waals surface area contributed by atoms with Crippen LogP contribution in [0, 0.1) is 6.92 Å². The zero-order chi connectivity index (χ0) is 16.2. The fraction of sp³-hybridized carbons (Fsp3) is 0.312. The minimum atomic E-state index is -3.32. The number of nitrogens with zero attached hydrogens (tertiary/aromatic N) is 1. The zero-order valence-electron chi connectivity index (χ0n) is 12.7. The lowest BCUT2D eigenvalue weighted by Gasteiger charge is -2.07. The van der Waals surface area contributed by atoms with Gasteiger partial charge in [-0.3, -0.25) is 0 Å². The molecule has 1 aromatic heterocycles. The van der Waals surface area contributed by atoms with Crippen LogP contribution in [0.5, 0.6) is 0 Å². The molecule has 0 unspecified atom stereocenters. The SMILES string of the molecule is Cc1ccc(C(=O)OCCCS(=O)(=O)c2ccccc2)n1C. The van der Waals surface area contributed by atoms with E-state index < -0.39 is 15.8 Å². The first-order valence-corrected chi connectivity index (χ1v) is 8.64. The fourth-order valence-electron chi connectivity index (χ4n) is 2.05. The van der Waals surface area contributed by atoms with E-state index >= 15 is 0 Å². The van der Waals surface area contributed by atoms with E-state index in [1.54, 1.807) is 48.0 Å². The maximum Gasteiger partial charge on any atom is 0.354 e. The number of sulfone groups is 1. The second-order valence-electron chi connectivity index (χ2n) is 5.04. The third-order valence-corrected chi connectivity index (χ3v) is 5.29. The first kappa shape index (κ1) is 16.3. The van der Waals surface area contributed by atoms with Crippen molar-refractivity contribution in [3.63, 3.8) is 0 Å². The Labute approximate surface area is 130 Å². The molecule has 0 fully saturated rings. The van der Waals surface area contributed by atoms with Gasteiger partial charge in [0.05, 0.1) is 17.3 Å². The summed E-state index contributed by atoms with van der Waals surface area (Å²) >= 11 is 0. The Morgan fingerprint density at radius 2 is 1.82 bits per heavy atom. The van der Waals surface area contributed by atoms with Gasteiger partial charge in [0.1, 0.15) is 5.69 Å². The number of ether oxygens (including phenoxy) is 1. The highest BCUT2D eigenvalue weighted by molar-refractivity contribution is 7.91. The minimum Gasteiger partial charge on any atom is -0.461 e. The molecule has 0 amide bonds. The lowest BCUT2D eigenvalue weighted by molar-refractivity contribution is 0.0494. The summed E-state index contributed by atoms with van der Waals surface area (Å²) in [4.78, 5) is 12.2. The van der Waals surface area contributed by atoms with Gasteiger partial charge in [0.2, 0.25) is 0 Å². The molecule has 1 heterocycles. The number of hydrogen-bond acceptors (Lipinski definition) is 4. The largest absolute Gasteiger partial charge is 0.461 e. The highest BCUT2D eigenvalue weighted by Gasteiger charge is 2.15. The van der Waals surface area contributed by atoms with Gasteiger partial charge in [-0.2, -0.15) is 0 Å². The Bertz CT molecular complexity index is 748. The van der Waals surface area contributed by atoms with Crippen LogP contribution in [-0.4, -0.2) is 31.3 Å². The number of carbonyl (C=O) groups is 1. The number of benzene rings is 1. The molecule has 5 nitrogen and oxygen atoms in total. The zero-order valence-corrected chi connectivity index (χ0v) is 13.5. The van der Waals surface area contributed by atoms with E-state index in [9.17, 15) is 13.2 Å². The van der Waals surface area contributed by atoms with Crippen LogP contribution in [0.3, 0.4) is 0 Å². The highest BCUT2D eigenvalue weighted by Crippen LogP contribution is 2.12. The average molecular weight is 321 g/mol. The van der Waals surface area contributed by atoms with Crippen molar-refractivity contribution in [2.45, 2.75) is 18.2 Å². The molecule has 1 aromatic carbocycles. The van der Waals surface area contributed by atoms with Gasteiger partial charge in [-0.1, -0.05) is 18.2 Å². The third-order valence-electron chi connectivity index (χ3n) is 3.47. The number of aromatic nitrogens is 1. The van der Waals surface area contributed by atoms with Gasteiger partial charge in [0.15, 0.2) is 9.84 Å². The van der Waals surface area contributed by atoms with Crippen molar-refractivity contribution in [3.05, 3.63) is 53.9 Å². The molecule has 0 aliphatic rings. The van der Waals surface area contributed by atoms with E-state index in [0.29, 0.717) is 10.6 Å². The van der Waals surface area contributed by atoms with Gasteiger partial charge < -0.3 is 9.30 Å². The van der Waals surface area contributed by atoms with E-state index in [-0.39, 0.29) is 18.8 Å². The van der Waals surface area contributed by atoms with Crippen LogP contribution in [0.25, 0.3) is 0 Å². The normalized spacial score (nSPS) is 11.4. The predicted molar refractivity (Wildman–Crippen MR) is 83.5 cm³/mol. The van der Waals surface area contributed by atoms with Crippen LogP contribution in [0.4, 0.5) is 0 Å². The quantitative estimate of drug-likeness (QED) is 0.605. The lowest BCUT2D eigenvalue weighted by atomic mass is 10.4. The van der Waals surface area contributed by atoms with Gasteiger partial charge in [0, 0.05) is 12.7 Å². The summed E-state index contributed by atoms with van der Waals surface area (Å²) in [5.41, 5.74) is 1.42. The van der Waals surface area contributed by atoms with E-state index in [1.165, 1.54) is 0 Å². The standard InChI is InChI=1S/C16H19NO4S/c1-13-9-10-15(17(13)2)16(18)21-11-6-12-22(19,20)14-7-4-3-5-8-14/h3-5,7-10H,6,11-12H2,1-2H3. The maximum absolute atomic E-state index is 12.1. The molecule has 0 radical (unpaired) electrons. The lowest BCUT2D eigenvalue weighted by Crippen LogP contribution is -2.14. The van der Waals surface area contributed by atoms with Crippen LogP contribution in [0.1, 0.15) is 22.6 Å². The van der Waals surface area contributed by atoms with Crippen LogP contribution < -0.4 is 0 Å². The van der Waals surface area contributed by atoms with Gasteiger partial charge in [-0.15, -0.1) is 0 Å². The molecular formula is C16H19NO4S. The van der Waals surface area contributed by atoms with Crippen LogP contribution in [-0.2, 0) is 21.6 Å². The smallest absolute Gasteiger partial charge is 0.354 e. The van der Waals surface area contributed by atoms with Crippen molar-refractivity contribution in [2.75, 3.05) is 12.4 Å². The second kappa shape index (κ2) is 6.79. The molecule has 22 heavy (non-hydrogen) atoms. The summed E-state index contributed by atoms with van der Waals surface area (Å²) < 4.78 is 31.0. The Morgan fingerprint density at radius 1 is 1.14 bits per heavy atom. The Balaban J connectivity index is 1.85. The first-order chi connectivity index (χ1) is 10.4. The third kappa shape index (κ3) is 3.76. The van der Waals surface area contributed by atoms with Crippen molar-refractivity contribution in [1.29, 1.82) is 0 Å². The molecule has 0 aliphatic heterocycles. The summed E-state index contributed by atoms with van der Waals surface area (Å²) in [5, 5.41) is 0. The number of hydrogen-bond donors (Lipinski definition) is 0. The fourth-order valence-corrected chi connectivity index (χ4v) is 3.36. The van der Waals surface area contributed by atoms with Gasteiger partial charge in [-0.05, 0) is 37.6 Å². The van der Waals surface area contributed by atoms with Crippen molar-refractivity contribution in [1.82, 2.24) is 4.57 Å². The minimum absolute atomic E-state index is 0.0452.